The first kappa shape index (κ1) is 17.0. The van der Waals surface area contributed by atoms with Crippen LogP contribution in [0.1, 0.15) is 24.5 Å². The lowest BCUT2D eigenvalue weighted by Gasteiger charge is -2.34. The number of rotatable bonds is 6. The fourth-order valence-electron chi connectivity index (χ4n) is 3.37. The monoisotopic (exact) mass is 305 g/mol. The van der Waals surface area contributed by atoms with Crippen molar-refractivity contribution in [3.63, 3.8) is 0 Å². The van der Waals surface area contributed by atoms with Crippen LogP contribution in [0, 0.1) is 11.8 Å². The lowest BCUT2D eigenvalue weighted by atomic mass is 9.85. The van der Waals surface area contributed by atoms with Gasteiger partial charge in [-0.15, -0.1) is 0 Å². The molecule has 1 aliphatic heterocycles. The molecule has 22 heavy (non-hydrogen) atoms. The number of hydrogen-bond acceptors (Lipinski definition) is 4. The third-order valence-electron chi connectivity index (χ3n) is 4.17. The Labute approximate surface area is 133 Å². The summed E-state index contributed by atoms with van der Waals surface area (Å²) in [5.74, 6) is 0.448. The first-order chi connectivity index (χ1) is 10.6. The number of carbonyl (C=O) groups excluding carboxylic acids is 1. The Hall–Kier alpha value is -1.39. The zero-order valence-electron chi connectivity index (χ0n) is 13.9. The molecule has 0 aromatic heterocycles. The van der Waals surface area contributed by atoms with Gasteiger partial charge in [-0.2, -0.15) is 0 Å². The minimum absolute atomic E-state index is 0.00542. The lowest BCUT2D eigenvalue weighted by molar-refractivity contribution is -0.150. The van der Waals surface area contributed by atoms with E-state index in [0.717, 1.165) is 25.9 Å². The van der Waals surface area contributed by atoms with Crippen LogP contribution in [0.5, 0.6) is 0 Å². The van der Waals surface area contributed by atoms with Crippen LogP contribution in [0.15, 0.2) is 24.3 Å². The summed E-state index contributed by atoms with van der Waals surface area (Å²) < 4.78 is 10.4. The van der Waals surface area contributed by atoms with Crippen molar-refractivity contribution in [2.75, 3.05) is 33.9 Å². The summed E-state index contributed by atoms with van der Waals surface area (Å²) in [6.45, 7) is 4.80. The number of nitrogens with zero attached hydrogens (tertiary/aromatic N) is 1. The summed E-state index contributed by atoms with van der Waals surface area (Å²) in [6, 6.07) is 8.53. The molecule has 2 atom stereocenters. The van der Waals surface area contributed by atoms with Gasteiger partial charge in [-0.25, -0.2) is 0 Å². The van der Waals surface area contributed by atoms with Gasteiger partial charge >= 0.3 is 5.97 Å². The number of hydrogen-bond donors (Lipinski definition) is 0. The molecule has 0 radical (unpaired) electrons. The largest absolute Gasteiger partial charge is 0.466 e. The van der Waals surface area contributed by atoms with Crippen LogP contribution in [0.4, 0.5) is 0 Å². The summed E-state index contributed by atoms with van der Waals surface area (Å²) in [4.78, 5) is 14.3. The minimum Gasteiger partial charge on any atom is -0.466 e. The minimum atomic E-state index is -0.0489. The van der Waals surface area contributed by atoms with Gasteiger partial charge in [-0.3, -0.25) is 4.79 Å². The number of esters is 1. The van der Waals surface area contributed by atoms with Crippen molar-refractivity contribution in [3.05, 3.63) is 35.4 Å². The van der Waals surface area contributed by atoms with Gasteiger partial charge in [0, 0.05) is 20.2 Å². The molecule has 2 unspecified atom stereocenters. The summed E-state index contributed by atoms with van der Waals surface area (Å²) in [6.07, 6.45) is 1.91. The Bertz CT molecular complexity index is 489. The molecule has 1 aliphatic rings. The fraction of sp³-hybridized carbons (Fsp3) is 0.611. The Kier molecular flexibility index (Phi) is 6.40. The van der Waals surface area contributed by atoms with E-state index >= 15 is 0 Å². The van der Waals surface area contributed by atoms with Crippen LogP contribution >= 0.6 is 0 Å². The highest BCUT2D eigenvalue weighted by atomic mass is 16.5. The van der Waals surface area contributed by atoms with Crippen LogP contribution in [0.2, 0.25) is 0 Å². The number of likely N-dealkylation sites (tertiary alicyclic amines) is 1. The molecular weight excluding hydrogens is 278 g/mol. The van der Waals surface area contributed by atoms with E-state index in [1.165, 1.54) is 11.1 Å². The average Bonchev–Trinajstić information content (AvgIpc) is 2.47. The molecule has 0 spiro atoms. The molecule has 122 valence electrons. The average molecular weight is 305 g/mol. The Balaban J connectivity index is 1.99. The van der Waals surface area contributed by atoms with E-state index in [-0.39, 0.29) is 11.9 Å². The van der Waals surface area contributed by atoms with E-state index in [2.05, 4.69) is 36.2 Å². The highest BCUT2D eigenvalue weighted by Crippen LogP contribution is 2.25. The molecule has 4 heteroatoms. The predicted octanol–water partition coefficient (Wildman–Crippen LogP) is 2.51. The number of ether oxygens (including phenoxy) is 2. The zero-order chi connectivity index (χ0) is 15.9. The van der Waals surface area contributed by atoms with E-state index in [1.54, 1.807) is 7.11 Å². The fourth-order valence-corrected chi connectivity index (χ4v) is 3.37. The lowest BCUT2D eigenvalue weighted by Crippen LogP contribution is -2.42. The van der Waals surface area contributed by atoms with E-state index < -0.39 is 0 Å². The highest BCUT2D eigenvalue weighted by Gasteiger charge is 2.30. The van der Waals surface area contributed by atoms with Gasteiger partial charge in [0.05, 0.1) is 19.1 Å². The van der Waals surface area contributed by atoms with Gasteiger partial charge in [-0.05, 0) is 43.9 Å². The molecule has 2 rings (SSSR count). The van der Waals surface area contributed by atoms with Crippen LogP contribution in [-0.2, 0) is 27.3 Å². The smallest absolute Gasteiger partial charge is 0.310 e. The molecule has 0 bridgehead atoms. The molecular formula is C18H27NO3. The second-order valence-corrected chi connectivity index (χ2v) is 6.23. The van der Waals surface area contributed by atoms with Crippen molar-refractivity contribution >= 4 is 5.97 Å². The van der Waals surface area contributed by atoms with Crippen molar-refractivity contribution in [1.29, 1.82) is 0 Å². The van der Waals surface area contributed by atoms with Crippen LogP contribution in [0.3, 0.4) is 0 Å². The van der Waals surface area contributed by atoms with Crippen molar-refractivity contribution < 1.29 is 14.3 Å². The first-order valence-electron chi connectivity index (χ1n) is 8.04. The van der Waals surface area contributed by atoms with Gasteiger partial charge < -0.3 is 14.4 Å². The van der Waals surface area contributed by atoms with E-state index in [4.69, 9.17) is 9.47 Å². The number of piperidine rings is 1. The van der Waals surface area contributed by atoms with Crippen molar-refractivity contribution in [2.45, 2.75) is 26.4 Å². The second-order valence-electron chi connectivity index (χ2n) is 6.23. The quantitative estimate of drug-likeness (QED) is 0.757. The Morgan fingerprint density at radius 2 is 2.09 bits per heavy atom. The van der Waals surface area contributed by atoms with Crippen molar-refractivity contribution in [2.24, 2.45) is 11.8 Å². The molecule has 4 nitrogen and oxygen atoms in total. The summed E-state index contributed by atoms with van der Waals surface area (Å²) in [5, 5.41) is 0. The third kappa shape index (κ3) is 4.82. The topological polar surface area (TPSA) is 38.8 Å². The summed E-state index contributed by atoms with van der Waals surface area (Å²) in [7, 11) is 3.80. The van der Waals surface area contributed by atoms with Crippen molar-refractivity contribution in [1.82, 2.24) is 4.90 Å². The third-order valence-corrected chi connectivity index (χ3v) is 4.17. The molecule has 1 aromatic carbocycles. The molecule has 1 heterocycles. The van der Waals surface area contributed by atoms with E-state index in [9.17, 15) is 4.79 Å². The van der Waals surface area contributed by atoms with Crippen LogP contribution in [0.25, 0.3) is 0 Å². The first-order valence-corrected chi connectivity index (χ1v) is 8.04. The van der Waals surface area contributed by atoms with Crippen LogP contribution in [-0.4, -0.2) is 44.7 Å². The van der Waals surface area contributed by atoms with Gasteiger partial charge in [-0.1, -0.05) is 24.3 Å². The molecule has 0 saturated carbocycles. The standard InChI is InChI=1S/C18H27NO3/c1-4-22-18(20)17-10-16(11-19(2)12-17)9-14-6-5-7-15(8-14)13-21-3/h5-8,16-17H,4,9-13H2,1-3H3. The SMILES string of the molecule is CCOC(=O)C1CC(Cc2cccc(COC)c2)CN(C)C1. The molecule has 1 saturated heterocycles. The van der Waals surface area contributed by atoms with E-state index in [1.807, 2.05) is 6.92 Å². The molecule has 0 aliphatic carbocycles. The van der Waals surface area contributed by atoms with Gasteiger partial charge in [0.1, 0.15) is 0 Å². The number of carbonyl (C=O) groups is 1. The maximum Gasteiger partial charge on any atom is 0.310 e. The van der Waals surface area contributed by atoms with Gasteiger partial charge in [0.25, 0.3) is 0 Å². The van der Waals surface area contributed by atoms with Crippen molar-refractivity contribution in [3.8, 4) is 0 Å². The molecule has 0 N–H and O–H groups in total. The Morgan fingerprint density at radius 1 is 1.32 bits per heavy atom. The maximum absolute atomic E-state index is 12.0. The summed E-state index contributed by atoms with van der Waals surface area (Å²) >= 11 is 0. The molecule has 1 fully saturated rings. The molecule has 0 amide bonds. The Morgan fingerprint density at radius 3 is 2.82 bits per heavy atom. The number of benzene rings is 1. The molecule has 1 aromatic rings. The summed E-state index contributed by atoms with van der Waals surface area (Å²) in [5.41, 5.74) is 2.52. The van der Waals surface area contributed by atoms with Gasteiger partial charge in [0.2, 0.25) is 0 Å². The normalized spacial score (nSPS) is 22.5. The van der Waals surface area contributed by atoms with Crippen LogP contribution < -0.4 is 0 Å². The number of methoxy groups -OCH3 is 1. The second kappa shape index (κ2) is 8.30. The zero-order valence-corrected chi connectivity index (χ0v) is 13.9. The highest BCUT2D eigenvalue weighted by molar-refractivity contribution is 5.72. The maximum atomic E-state index is 12.0. The van der Waals surface area contributed by atoms with Gasteiger partial charge in [0.15, 0.2) is 0 Å². The predicted molar refractivity (Wildman–Crippen MR) is 86.6 cm³/mol. The van der Waals surface area contributed by atoms with E-state index in [0.29, 0.717) is 19.1 Å².